The summed E-state index contributed by atoms with van der Waals surface area (Å²) in [4.78, 5) is 0. The molecule has 2 saturated carbocycles. The Balaban J connectivity index is 0.000000720. The number of halogens is 1. The smallest absolute Gasteiger partial charge is 0.00957 e. The molecular weight excluding hydrogens is 170 g/mol. The normalized spacial score (nSPS) is 46.5. The van der Waals surface area contributed by atoms with E-state index in [2.05, 4.69) is 6.92 Å². The first kappa shape index (κ1) is 10.3. The van der Waals surface area contributed by atoms with Crippen molar-refractivity contribution in [3.8, 4) is 0 Å². The van der Waals surface area contributed by atoms with E-state index in [4.69, 9.17) is 5.73 Å². The molecular formula is C10H20ClN. The lowest BCUT2D eigenvalue weighted by atomic mass is 9.56. The van der Waals surface area contributed by atoms with Gasteiger partial charge in [-0.05, 0) is 37.0 Å². The Kier molecular flexibility index (Phi) is 3.06. The van der Waals surface area contributed by atoms with Gasteiger partial charge in [0, 0.05) is 6.04 Å². The predicted octanol–water partition coefficient (Wildman–Crippen LogP) is 2.73. The molecule has 0 aromatic rings. The fourth-order valence-corrected chi connectivity index (χ4v) is 2.68. The largest absolute Gasteiger partial charge is 0.327 e. The van der Waals surface area contributed by atoms with Crippen molar-refractivity contribution in [2.75, 3.05) is 0 Å². The van der Waals surface area contributed by atoms with Crippen LogP contribution in [0.15, 0.2) is 0 Å². The Bertz CT molecular complexity index is 150. The molecule has 0 amide bonds. The Morgan fingerprint density at radius 1 is 1.08 bits per heavy atom. The topological polar surface area (TPSA) is 26.0 Å². The Morgan fingerprint density at radius 3 is 1.92 bits per heavy atom. The summed E-state index contributed by atoms with van der Waals surface area (Å²) in [5.41, 5.74) is 6.65. The van der Waals surface area contributed by atoms with Crippen molar-refractivity contribution >= 4 is 12.4 Å². The standard InChI is InChI=1S/C10H19N.ClH/c1-8-2-5-10(6-3-8)7-4-9(10)11;/h8-9H,2-7,11H2,1H3;1H. The number of nitrogens with two attached hydrogens (primary N) is 1. The second-order valence-corrected chi connectivity index (χ2v) is 4.69. The summed E-state index contributed by atoms with van der Waals surface area (Å²) >= 11 is 0. The molecule has 12 heavy (non-hydrogen) atoms. The van der Waals surface area contributed by atoms with Gasteiger partial charge < -0.3 is 5.73 Å². The second-order valence-electron chi connectivity index (χ2n) is 4.69. The van der Waals surface area contributed by atoms with Gasteiger partial charge in [0.15, 0.2) is 0 Å². The van der Waals surface area contributed by atoms with Gasteiger partial charge in [-0.1, -0.05) is 19.8 Å². The molecule has 1 nitrogen and oxygen atoms in total. The van der Waals surface area contributed by atoms with E-state index in [1.165, 1.54) is 38.5 Å². The number of hydrogen-bond acceptors (Lipinski definition) is 1. The molecule has 2 N–H and O–H groups in total. The third kappa shape index (κ3) is 1.49. The fourth-order valence-electron chi connectivity index (χ4n) is 2.68. The van der Waals surface area contributed by atoms with E-state index in [9.17, 15) is 0 Å². The first-order valence-electron chi connectivity index (χ1n) is 4.98. The molecule has 0 aromatic carbocycles. The van der Waals surface area contributed by atoms with E-state index in [1.54, 1.807) is 0 Å². The summed E-state index contributed by atoms with van der Waals surface area (Å²) in [7, 11) is 0. The van der Waals surface area contributed by atoms with E-state index in [-0.39, 0.29) is 12.4 Å². The molecule has 0 aliphatic heterocycles. The molecule has 0 saturated heterocycles. The third-order valence-electron chi connectivity index (χ3n) is 4.01. The second kappa shape index (κ2) is 3.55. The van der Waals surface area contributed by atoms with Crippen LogP contribution in [0.4, 0.5) is 0 Å². The van der Waals surface area contributed by atoms with Crippen LogP contribution in [0.3, 0.4) is 0 Å². The Labute approximate surface area is 81.5 Å². The molecule has 1 unspecified atom stereocenters. The van der Waals surface area contributed by atoms with Gasteiger partial charge in [-0.2, -0.15) is 0 Å². The maximum absolute atomic E-state index is 6.03. The lowest BCUT2D eigenvalue weighted by molar-refractivity contribution is 0.0306. The average molecular weight is 190 g/mol. The van der Waals surface area contributed by atoms with E-state index in [1.807, 2.05) is 0 Å². The lowest BCUT2D eigenvalue weighted by Crippen LogP contribution is -2.52. The van der Waals surface area contributed by atoms with Crippen molar-refractivity contribution in [2.24, 2.45) is 17.1 Å². The van der Waals surface area contributed by atoms with Crippen molar-refractivity contribution in [1.82, 2.24) is 0 Å². The summed E-state index contributed by atoms with van der Waals surface area (Å²) in [5.74, 6) is 0.966. The molecule has 0 radical (unpaired) electrons. The zero-order chi connectivity index (χ0) is 7.90. The van der Waals surface area contributed by atoms with Crippen molar-refractivity contribution in [1.29, 1.82) is 0 Å². The fraction of sp³-hybridized carbons (Fsp3) is 1.00. The van der Waals surface area contributed by atoms with Crippen LogP contribution in [0.25, 0.3) is 0 Å². The minimum Gasteiger partial charge on any atom is -0.327 e. The average Bonchev–Trinajstić information content (AvgIpc) is 2.03. The van der Waals surface area contributed by atoms with E-state index >= 15 is 0 Å². The molecule has 0 bridgehead atoms. The first-order valence-corrected chi connectivity index (χ1v) is 4.98. The highest BCUT2D eigenvalue weighted by atomic mass is 35.5. The van der Waals surface area contributed by atoms with Gasteiger partial charge in [0.2, 0.25) is 0 Å². The minimum absolute atomic E-state index is 0. The van der Waals surface area contributed by atoms with Crippen molar-refractivity contribution in [2.45, 2.75) is 51.5 Å². The van der Waals surface area contributed by atoms with Crippen molar-refractivity contribution in [3.63, 3.8) is 0 Å². The molecule has 72 valence electrons. The van der Waals surface area contributed by atoms with Crippen molar-refractivity contribution in [3.05, 3.63) is 0 Å². The summed E-state index contributed by atoms with van der Waals surface area (Å²) < 4.78 is 0. The van der Waals surface area contributed by atoms with Crippen LogP contribution < -0.4 is 5.73 Å². The van der Waals surface area contributed by atoms with Gasteiger partial charge in [0.05, 0.1) is 0 Å². The Morgan fingerprint density at radius 2 is 1.58 bits per heavy atom. The van der Waals surface area contributed by atoms with Gasteiger partial charge >= 0.3 is 0 Å². The maximum atomic E-state index is 6.03. The van der Waals surface area contributed by atoms with Crippen LogP contribution >= 0.6 is 12.4 Å². The van der Waals surface area contributed by atoms with Crippen LogP contribution in [-0.4, -0.2) is 6.04 Å². The van der Waals surface area contributed by atoms with Gasteiger partial charge in [0.1, 0.15) is 0 Å². The monoisotopic (exact) mass is 189 g/mol. The van der Waals surface area contributed by atoms with Gasteiger partial charge in [-0.15, -0.1) is 12.4 Å². The molecule has 2 heteroatoms. The maximum Gasteiger partial charge on any atom is 0.00957 e. The lowest BCUT2D eigenvalue weighted by Gasteiger charge is -2.51. The quantitative estimate of drug-likeness (QED) is 0.623. The summed E-state index contributed by atoms with van der Waals surface area (Å²) in [6.07, 6.45) is 8.38. The SMILES string of the molecule is CC1CCC2(CC1)CCC2N.Cl. The van der Waals surface area contributed by atoms with Crippen LogP contribution in [0.2, 0.25) is 0 Å². The molecule has 0 aromatic heterocycles. The zero-order valence-corrected chi connectivity index (χ0v) is 8.70. The molecule has 2 rings (SSSR count). The first-order chi connectivity index (χ1) is 5.23. The van der Waals surface area contributed by atoms with Crippen LogP contribution in [0, 0.1) is 11.3 Å². The highest BCUT2D eigenvalue weighted by Crippen LogP contribution is 2.51. The van der Waals surface area contributed by atoms with E-state index in [0.717, 1.165) is 5.92 Å². The van der Waals surface area contributed by atoms with Gasteiger partial charge in [-0.3, -0.25) is 0 Å². The minimum atomic E-state index is 0. The van der Waals surface area contributed by atoms with Gasteiger partial charge in [0.25, 0.3) is 0 Å². The van der Waals surface area contributed by atoms with Gasteiger partial charge in [-0.25, -0.2) is 0 Å². The van der Waals surface area contributed by atoms with Crippen LogP contribution in [-0.2, 0) is 0 Å². The van der Waals surface area contributed by atoms with Crippen LogP contribution in [0.5, 0.6) is 0 Å². The number of hydrogen-bond donors (Lipinski definition) is 1. The molecule has 2 aliphatic rings. The highest BCUT2D eigenvalue weighted by Gasteiger charge is 2.45. The van der Waals surface area contributed by atoms with Crippen LogP contribution in [0.1, 0.15) is 45.4 Å². The molecule has 2 aliphatic carbocycles. The van der Waals surface area contributed by atoms with E-state index in [0.29, 0.717) is 11.5 Å². The highest BCUT2D eigenvalue weighted by molar-refractivity contribution is 5.85. The number of rotatable bonds is 0. The van der Waals surface area contributed by atoms with Crippen molar-refractivity contribution < 1.29 is 0 Å². The summed E-state index contributed by atoms with van der Waals surface area (Å²) in [6.45, 7) is 2.37. The van der Waals surface area contributed by atoms with E-state index < -0.39 is 0 Å². The predicted molar refractivity (Wildman–Crippen MR) is 54.5 cm³/mol. The molecule has 1 spiro atoms. The third-order valence-corrected chi connectivity index (χ3v) is 4.01. The summed E-state index contributed by atoms with van der Waals surface area (Å²) in [6, 6.07) is 0.551. The Hall–Kier alpha value is 0.250. The molecule has 2 fully saturated rings. The zero-order valence-electron chi connectivity index (χ0n) is 7.88. The molecule has 1 atom stereocenters. The summed E-state index contributed by atoms with van der Waals surface area (Å²) in [5, 5.41) is 0. The molecule has 0 heterocycles.